The highest BCUT2D eigenvalue weighted by atomic mass is 79.9. The standard InChI is InChI=1S/C26H20Br2N2O4S/c1-16-7-9-17(10-8-16)15-34-24-20(27)11-18(12-21(24)28)13-22-25(32)30(26(33)35-22)14-23(31)29-19-5-3-2-4-6-19/h2-13H,14-15H2,1H3,(H,29,31)/b22-13-. The van der Waals surface area contributed by atoms with Crippen LogP contribution in [0, 0.1) is 6.92 Å². The summed E-state index contributed by atoms with van der Waals surface area (Å²) in [5.41, 5.74) is 3.52. The van der Waals surface area contributed by atoms with E-state index in [2.05, 4.69) is 37.2 Å². The lowest BCUT2D eigenvalue weighted by molar-refractivity contribution is -0.127. The van der Waals surface area contributed by atoms with Crippen LogP contribution >= 0.6 is 43.6 Å². The predicted molar refractivity (Wildman–Crippen MR) is 145 cm³/mol. The molecule has 0 saturated carbocycles. The minimum Gasteiger partial charge on any atom is -0.487 e. The van der Waals surface area contributed by atoms with Crippen molar-refractivity contribution in [2.75, 3.05) is 11.9 Å². The third-order valence-electron chi connectivity index (χ3n) is 5.06. The molecule has 3 aromatic carbocycles. The van der Waals surface area contributed by atoms with Crippen LogP contribution < -0.4 is 10.1 Å². The molecule has 0 bridgehead atoms. The van der Waals surface area contributed by atoms with Crippen molar-refractivity contribution in [2.24, 2.45) is 0 Å². The number of halogens is 2. The highest BCUT2D eigenvalue weighted by molar-refractivity contribution is 9.11. The molecule has 0 unspecified atom stereocenters. The van der Waals surface area contributed by atoms with Crippen molar-refractivity contribution < 1.29 is 19.1 Å². The average molecular weight is 616 g/mol. The minimum atomic E-state index is -0.504. The number of nitrogens with one attached hydrogen (secondary N) is 1. The molecule has 0 aromatic heterocycles. The summed E-state index contributed by atoms with van der Waals surface area (Å²) in [4.78, 5) is 38.7. The van der Waals surface area contributed by atoms with Gasteiger partial charge in [-0.2, -0.15) is 0 Å². The van der Waals surface area contributed by atoms with Crippen LogP contribution in [0.4, 0.5) is 10.5 Å². The van der Waals surface area contributed by atoms with Gasteiger partial charge in [-0.1, -0.05) is 48.0 Å². The normalized spacial score (nSPS) is 14.5. The number of para-hydroxylation sites is 1. The molecule has 3 amide bonds. The summed E-state index contributed by atoms with van der Waals surface area (Å²) in [5.74, 6) is -0.316. The van der Waals surface area contributed by atoms with E-state index in [4.69, 9.17) is 4.74 Å². The van der Waals surface area contributed by atoms with Crippen LogP contribution in [0.1, 0.15) is 16.7 Å². The molecule has 1 saturated heterocycles. The Morgan fingerprint density at radius 2 is 1.69 bits per heavy atom. The molecular formula is C26H20Br2N2O4S. The van der Waals surface area contributed by atoms with Crippen LogP contribution in [0.25, 0.3) is 6.08 Å². The van der Waals surface area contributed by atoms with Gasteiger partial charge in [-0.25, -0.2) is 0 Å². The van der Waals surface area contributed by atoms with Crippen molar-refractivity contribution in [2.45, 2.75) is 13.5 Å². The van der Waals surface area contributed by atoms with Gasteiger partial charge in [0.25, 0.3) is 11.1 Å². The lowest BCUT2D eigenvalue weighted by Crippen LogP contribution is -2.36. The summed E-state index contributed by atoms with van der Waals surface area (Å²) >= 11 is 7.86. The Morgan fingerprint density at radius 1 is 1.03 bits per heavy atom. The van der Waals surface area contributed by atoms with Crippen molar-refractivity contribution in [3.05, 3.63) is 97.3 Å². The zero-order valence-electron chi connectivity index (χ0n) is 18.6. The summed E-state index contributed by atoms with van der Waals surface area (Å²) in [6.45, 7) is 2.08. The summed E-state index contributed by atoms with van der Waals surface area (Å²) in [7, 11) is 0. The second kappa shape index (κ2) is 11.2. The summed E-state index contributed by atoms with van der Waals surface area (Å²) in [5, 5.41) is 2.20. The number of ether oxygens (including phenoxy) is 1. The largest absolute Gasteiger partial charge is 0.487 e. The number of amides is 3. The van der Waals surface area contributed by atoms with Gasteiger partial charge in [-0.15, -0.1) is 0 Å². The third-order valence-corrected chi connectivity index (χ3v) is 7.14. The first kappa shape index (κ1) is 25.2. The molecule has 1 aliphatic heterocycles. The molecule has 4 rings (SSSR count). The molecule has 0 aliphatic carbocycles. The van der Waals surface area contributed by atoms with E-state index < -0.39 is 17.1 Å². The topological polar surface area (TPSA) is 75.7 Å². The Balaban J connectivity index is 1.44. The number of hydrogen-bond acceptors (Lipinski definition) is 5. The summed E-state index contributed by atoms with van der Waals surface area (Å²) in [6.07, 6.45) is 1.62. The van der Waals surface area contributed by atoms with E-state index in [9.17, 15) is 14.4 Å². The molecule has 1 N–H and O–H groups in total. The van der Waals surface area contributed by atoms with Crippen molar-refractivity contribution in [1.29, 1.82) is 0 Å². The van der Waals surface area contributed by atoms with E-state index in [0.29, 0.717) is 32.6 Å². The quantitative estimate of drug-likeness (QED) is 0.297. The van der Waals surface area contributed by atoms with E-state index >= 15 is 0 Å². The van der Waals surface area contributed by atoms with E-state index in [-0.39, 0.29) is 11.4 Å². The summed E-state index contributed by atoms with van der Waals surface area (Å²) < 4.78 is 7.37. The number of nitrogens with zero attached hydrogens (tertiary/aromatic N) is 1. The number of hydrogen-bond donors (Lipinski definition) is 1. The number of imide groups is 1. The van der Waals surface area contributed by atoms with Gasteiger partial charge < -0.3 is 10.1 Å². The molecule has 178 valence electrons. The van der Waals surface area contributed by atoms with E-state index in [0.717, 1.165) is 22.2 Å². The van der Waals surface area contributed by atoms with Gasteiger partial charge in [0.2, 0.25) is 5.91 Å². The molecule has 0 spiro atoms. The molecule has 3 aromatic rings. The molecule has 9 heteroatoms. The number of aryl methyl sites for hydroxylation is 1. The smallest absolute Gasteiger partial charge is 0.294 e. The number of carbonyl (C=O) groups excluding carboxylic acids is 3. The lowest BCUT2D eigenvalue weighted by Gasteiger charge is -2.13. The van der Waals surface area contributed by atoms with Gasteiger partial charge in [0.05, 0.1) is 13.9 Å². The van der Waals surface area contributed by atoms with Gasteiger partial charge in [0.1, 0.15) is 18.9 Å². The predicted octanol–water partition coefficient (Wildman–Crippen LogP) is 6.77. The zero-order chi connectivity index (χ0) is 24.9. The van der Waals surface area contributed by atoms with Gasteiger partial charge in [-0.05, 0) is 92.0 Å². The number of benzene rings is 3. The van der Waals surface area contributed by atoms with Gasteiger partial charge in [-0.3, -0.25) is 19.3 Å². The van der Waals surface area contributed by atoms with Gasteiger partial charge in [0.15, 0.2) is 0 Å². The number of rotatable bonds is 7. The fourth-order valence-electron chi connectivity index (χ4n) is 3.29. The van der Waals surface area contributed by atoms with Crippen LogP contribution in [0.5, 0.6) is 5.75 Å². The van der Waals surface area contributed by atoms with Crippen LogP contribution in [-0.4, -0.2) is 28.5 Å². The monoisotopic (exact) mass is 614 g/mol. The Morgan fingerprint density at radius 3 is 2.34 bits per heavy atom. The van der Waals surface area contributed by atoms with E-state index in [1.165, 1.54) is 5.56 Å². The van der Waals surface area contributed by atoms with Crippen molar-refractivity contribution in [3.8, 4) is 5.75 Å². The Kier molecular flexibility index (Phi) is 8.10. The van der Waals surface area contributed by atoms with Crippen LogP contribution in [0.2, 0.25) is 0 Å². The molecule has 1 aliphatic rings. The third kappa shape index (κ3) is 6.42. The maximum absolute atomic E-state index is 12.8. The van der Waals surface area contributed by atoms with Gasteiger partial charge in [0, 0.05) is 5.69 Å². The minimum absolute atomic E-state index is 0.245. The number of carbonyl (C=O) groups is 3. The molecule has 1 heterocycles. The fraction of sp³-hybridized carbons (Fsp3) is 0.115. The highest BCUT2D eigenvalue weighted by Crippen LogP contribution is 2.38. The number of thioether (sulfide) groups is 1. The SMILES string of the molecule is Cc1ccc(COc2c(Br)cc(/C=C3\SC(=O)N(CC(=O)Nc4ccccc4)C3=O)cc2Br)cc1. The maximum Gasteiger partial charge on any atom is 0.294 e. The molecule has 6 nitrogen and oxygen atoms in total. The molecule has 35 heavy (non-hydrogen) atoms. The fourth-order valence-corrected chi connectivity index (χ4v) is 5.58. The Bertz CT molecular complexity index is 1290. The van der Waals surface area contributed by atoms with E-state index in [1.807, 2.05) is 49.4 Å². The van der Waals surface area contributed by atoms with E-state index in [1.54, 1.807) is 30.3 Å². The van der Waals surface area contributed by atoms with Crippen molar-refractivity contribution in [3.63, 3.8) is 0 Å². The zero-order valence-corrected chi connectivity index (χ0v) is 22.6. The second-order valence-corrected chi connectivity index (χ2v) is 10.5. The Hall–Kier alpha value is -2.88. The number of anilines is 1. The van der Waals surface area contributed by atoms with Crippen LogP contribution in [0.3, 0.4) is 0 Å². The Labute approximate surface area is 224 Å². The first-order valence-electron chi connectivity index (χ1n) is 10.6. The average Bonchev–Trinajstić information content (AvgIpc) is 3.07. The van der Waals surface area contributed by atoms with Crippen molar-refractivity contribution in [1.82, 2.24) is 4.90 Å². The molecule has 1 fully saturated rings. The highest BCUT2D eigenvalue weighted by Gasteiger charge is 2.36. The maximum atomic E-state index is 12.8. The van der Waals surface area contributed by atoms with Gasteiger partial charge >= 0.3 is 0 Å². The first-order valence-corrected chi connectivity index (χ1v) is 13.0. The second-order valence-electron chi connectivity index (χ2n) is 7.77. The summed E-state index contributed by atoms with van der Waals surface area (Å²) in [6, 6.07) is 20.6. The lowest BCUT2D eigenvalue weighted by atomic mass is 10.1. The van der Waals surface area contributed by atoms with Crippen molar-refractivity contribution >= 4 is 72.4 Å². The van der Waals surface area contributed by atoms with Crippen LogP contribution in [-0.2, 0) is 16.2 Å². The first-order chi connectivity index (χ1) is 16.8. The molecule has 0 atom stereocenters. The molecule has 0 radical (unpaired) electrons. The molecular weight excluding hydrogens is 596 g/mol. The van der Waals surface area contributed by atoms with Crippen LogP contribution in [0.15, 0.2) is 80.6 Å².